The van der Waals surface area contributed by atoms with Crippen LogP contribution in [-0.4, -0.2) is 4.98 Å². The highest BCUT2D eigenvalue weighted by molar-refractivity contribution is 7.09. The van der Waals surface area contributed by atoms with Crippen molar-refractivity contribution < 1.29 is 4.74 Å². The largest absolute Gasteiger partial charge is 0.487 e. The fourth-order valence-electron chi connectivity index (χ4n) is 1.49. The van der Waals surface area contributed by atoms with Crippen molar-refractivity contribution in [2.45, 2.75) is 26.4 Å². The standard InChI is InChI=1S/C14H13ClN2OS/c1-9(2)14-17-11(8-19-14)7-18-12-4-3-10(6-16)13(15)5-12/h3-5,8-9H,7H2,1-2H3. The summed E-state index contributed by atoms with van der Waals surface area (Å²) >= 11 is 7.58. The maximum Gasteiger partial charge on any atom is 0.131 e. The van der Waals surface area contributed by atoms with E-state index in [1.807, 2.05) is 11.4 Å². The van der Waals surface area contributed by atoms with Gasteiger partial charge in [0.05, 0.1) is 21.3 Å². The molecule has 1 aromatic carbocycles. The molecule has 5 heteroatoms. The summed E-state index contributed by atoms with van der Waals surface area (Å²) < 4.78 is 5.62. The van der Waals surface area contributed by atoms with Gasteiger partial charge in [-0.15, -0.1) is 11.3 Å². The van der Waals surface area contributed by atoms with Gasteiger partial charge in [-0.05, 0) is 12.1 Å². The van der Waals surface area contributed by atoms with Gasteiger partial charge >= 0.3 is 0 Å². The van der Waals surface area contributed by atoms with Crippen molar-refractivity contribution >= 4 is 22.9 Å². The van der Waals surface area contributed by atoms with Gasteiger partial charge in [0.15, 0.2) is 0 Å². The quantitative estimate of drug-likeness (QED) is 0.840. The van der Waals surface area contributed by atoms with Crippen LogP contribution in [0.4, 0.5) is 0 Å². The normalized spacial score (nSPS) is 10.5. The summed E-state index contributed by atoms with van der Waals surface area (Å²) in [5.74, 6) is 1.08. The molecule has 0 fully saturated rings. The van der Waals surface area contributed by atoms with Crippen LogP contribution in [0.1, 0.15) is 36.0 Å². The van der Waals surface area contributed by atoms with E-state index in [4.69, 9.17) is 21.6 Å². The predicted molar refractivity (Wildman–Crippen MR) is 76.7 cm³/mol. The molecule has 0 atom stereocenters. The number of rotatable bonds is 4. The van der Waals surface area contributed by atoms with Gasteiger partial charge < -0.3 is 4.74 Å². The van der Waals surface area contributed by atoms with E-state index in [9.17, 15) is 0 Å². The van der Waals surface area contributed by atoms with Crippen LogP contribution in [0, 0.1) is 11.3 Å². The molecule has 2 aromatic rings. The Kier molecular flexibility index (Phi) is 4.41. The average Bonchev–Trinajstić information content (AvgIpc) is 2.85. The number of nitriles is 1. The summed E-state index contributed by atoms with van der Waals surface area (Å²) in [7, 11) is 0. The smallest absolute Gasteiger partial charge is 0.131 e. The Labute approximate surface area is 121 Å². The summed E-state index contributed by atoms with van der Waals surface area (Å²) in [4.78, 5) is 4.49. The van der Waals surface area contributed by atoms with Crippen LogP contribution in [0.3, 0.4) is 0 Å². The van der Waals surface area contributed by atoms with E-state index in [1.165, 1.54) is 0 Å². The molecule has 0 saturated heterocycles. The van der Waals surface area contributed by atoms with Crippen molar-refractivity contribution in [1.29, 1.82) is 5.26 Å². The third-order valence-corrected chi connectivity index (χ3v) is 4.02. The van der Waals surface area contributed by atoms with E-state index >= 15 is 0 Å². The van der Waals surface area contributed by atoms with E-state index in [-0.39, 0.29) is 0 Å². The number of nitrogens with zero attached hydrogens (tertiary/aromatic N) is 2. The van der Waals surface area contributed by atoms with E-state index < -0.39 is 0 Å². The van der Waals surface area contributed by atoms with E-state index in [2.05, 4.69) is 18.8 Å². The third-order valence-electron chi connectivity index (χ3n) is 2.51. The zero-order valence-electron chi connectivity index (χ0n) is 10.7. The summed E-state index contributed by atoms with van der Waals surface area (Å²) in [6, 6.07) is 7.05. The summed E-state index contributed by atoms with van der Waals surface area (Å²) in [6.07, 6.45) is 0. The van der Waals surface area contributed by atoms with Crippen LogP contribution < -0.4 is 4.74 Å². The summed E-state index contributed by atoms with van der Waals surface area (Å²) in [6.45, 7) is 4.64. The Morgan fingerprint density at radius 3 is 2.84 bits per heavy atom. The topological polar surface area (TPSA) is 45.9 Å². The third kappa shape index (κ3) is 3.46. The summed E-state index contributed by atoms with van der Waals surface area (Å²) in [5.41, 5.74) is 1.36. The molecule has 0 spiro atoms. The van der Waals surface area contributed by atoms with Crippen LogP contribution >= 0.6 is 22.9 Å². The van der Waals surface area contributed by atoms with Crippen LogP contribution in [0.25, 0.3) is 0 Å². The number of hydrogen-bond donors (Lipinski definition) is 0. The highest BCUT2D eigenvalue weighted by Gasteiger charge is 2.07. The molecule has 0 N–H and O–H groups in total. The van der Waals surface area contributed by atoms with Gasteiger partial charge in [-0.1, -0.05) is 25.4 Å². The maximum atomic E-state index is 8.79. The van der Waals surface area contributed by atoms with E-state index in [0.717, 1.165) is 10.7 Å². The molecule has 0 aliphatic heterocycles. The molecule has 2 rings (SSSR count). The zero-order valence-corrected chi connectivity index (χ0v) is 12.3. The van der Waals surface area contributed by atoms with Gasteiger partial charge in [0.25, 0.3) is 0 Å². The van der Waals surface area contributed by atoms with Gasteiger partial charge in [-0.3, -0.25) is 0 Å². The highest BCUT2D eigenvalue weighted by Crippen LogP contribution is 2.24. The molecule has 0 bridgehead atoms. The van der Waals surface area contributed by atoms with Crippen LogP contribution in [-0.2, 0) is 6.61 Å². The molecule has 98 valence electrons. The average molecular weight is 293 g/mol. The monoisotopic (exact) mass is 292 g/mol. The first kappa shape index (κ1) is 13.9. The Balaban J connectivity index is 2.02. The second-order valence-electron chi connectivity index (χ2n) is 4.37. The molecular weight excluding hydrogens is 280 g/mol. The molecule has 0 aliphatic carbocycles. The zero-order chi connectivity index (χ0) is 13.8. The molecule has 0 radical (unpaired) electrons. The number of halogens is 1. The summed E-state index contributed by atoms with van der Waals surface area (Å²) in [5, 5.41) is 12.3. The highest BCUT2D eigenvalue weighted by atomic mass is 35.5. The van der Waals surface area contributed by atoms with Crippen molar-refractivity contribution in [2.24, 2.45) is 0 Å². The van der Waals surface area contributed by atoms with Crippen LogP contribution in [0.15, 0.2) is 23.6 Å². The number of benzene rings is 1. The lowest BCUT2D eigenvalue weighted by Crippen LogP contribution is -1.97. The molecule has 0 amide bonds. The lowest BCUT2D eigenvalue weighted by atomic mass is 10.2. The Morgan fingerprint density at radius 1 is 1.47 bits per heavy atom. The number of hydrogen-bond acceptors (Lipinski definition) is 4. The Morgan fingerprint density at radius 2 is 2.26 bits per heavy atom. The second kappa shape index (κ2) is 6.05. The Bertz CT molecular complexity index is 616. The first-order valence-electron chi connectivity index (χ1n) is 5.87. The Hall–Kier alpha value is -1.57. The first-order valence-corrected chi connectivity index (χ1v) is 7.12. The SMILES string of the molecule is CC(C)c1nc(COc2ccc(C#N)c(Cl)c2)cs1. The lowest BCUT2D eigenvalue weighted by Gasteiger charge is -2.05. The lowest BCUT2D eigenvalue weighted by molar-refractivity contribution is 0.302. The first-order chi connectivity index (χ1) is 9.10. The second-order valence-corrected chi connectivity index (χ2v) is 5.67. The predicted octanol–water partition coefficient (Wildman–Crippen LogP) is 4.37. The molecule has 1 heterocycles. The van der Waals surface area contributed by atoms with Gasteiger partial charge in [-0.2, -0.15) is 5.26 Å². The van der Waals surface area contributed by atoms with Crippen molar-refractivity contribution in [3.05, 3.63) is 44.9 Å². The van der Waals surface area contributed by atoms with Crippen molar-refractivity contribution in [2.75, 3.05) is 0 Å². The van der Waals surface area contributed by atoms with Gasteiger partial charge in [0, 0.05) is 17.4 Å². The fourth-order valence-corrected chi connectivity index (χ4v) is 2.52. The minimum atomic E-state index is 0.404. The van der Waals surface area contributed by atoms with Crippen molar-refractivity contribution in [1.82, 2.24) is 4.98 Å². The van der Waals surface area contributed by atoms with Crippen molar-refractivity contribution in [3.8, 4) is 11.8 Å². The maximum absolute atomic E-state index is 8.79. The van der Waals surface area contributed by atoms with Gasteiger partial charge in [0.2, 0.25) is 0 Å². The van der Waals surface area contributed by atoms with Gasteiger partial charge in [0.1, 0.15) is 18.4 Å². The minimum absolute atomic E-state index is 0.404. The van der Waals surface area contributed by atoms with E-state index in [1.54, 1.807) is 29.5 Å². The van der Waals surface area contributed by atoms with E-state index in [0.29, 0.717) is 28.9 Å². The van der Waals surface area contributed by atoms with Gasteiger partial charge in [-0.25, -0.2) is 4.98 Å². The molecule has 3 nitrogen and oxygen atoms in total. The number of thiazole rings is 1. The number of aromatic nitrogens is 1. The minimum Gasteiger partial charge on any atom is -0.487 e. The van der Waals surface area contributed by atoms with Crippen LogP contribution in [0.5, 0.6) is 5.75 Å². The molecule has 0 aliphatic rings. The fraction of sp³-hybridized carbons (Fsp3) is 0.286. The van der Waals surface area contributed by atoms with Crippen LogP contribution in [0.2, 0.25) is 5.02 Å². The molecular formula is C14H13ClN2OS. The molecule has 1 aromatic heterocycles. The number of ether oxygens (including phenoxy) is 1. The molecule has 19 heavy (non-hydrogen) atoms. The molecule has 0 unspecified atom stereocenters. The van der Waals surface area contributed by atoms with Crippen molar-refractivity contribution in [3.63, 3.8) is 0 Å². The molecule has 0 saturated carbocycles.